The fourth-order valence-corrected chi connectivity index (χ4v) is 3.39. The van der Waals surface area contributed by atoms with Gasteiger partial charge in [-0.1, -0.05) is 6.07 Å². The number of para-hydroxylation sites is 1. The SMILES string of the molecule is CC(CN1CCC(n2c(=O)[nH]c3c(F)cccc32)CC1)NC=O. The van der Waals surface area contributed by atoms with Crippen LogP contribution < -0.4 is 11.0 Å². The highest BCUT2D eigenvalue weighted by molar-refractivity contribution is 5.75. The molecular weight excluding hydrogens is 299 g/mol. The summed E-state index contributed by atoms with van der Waals surface area (Å²) in [6.45, 7) is 4.46. The molecule has 0 saturated carbocycles. The van der Waals surface area contributed by atoms with Crippen molar-refractivity contribution in [2.75, 3.05) is 19.6 Å². The molecule has 23 heavy (non-hydrogen) atoms. The molecule has 2 heterocycles. The van der Waals surface area contributed by atoms with E-state index >= 15 is 0 Å². The lowest BCUT2D eigenvalue weighted by molar-refractivity contribution is -0.110. The fraction of sp³-hybridized carbons (Fsp3) is 0.500. The molecule has 3 rings (SSSR count). The third kappa shape index (κ3) is 3.14. The van der Waals surface area contributed by atoms with E-state index in [1.54, 1.807) is 16.7 Å². The molecule has 0 bridgehead atoms. The average Bonchev–Trinajstić information content (AvgIpc) is 2.86. The van der Waals surface area contributed by atoms with Crippen molar-refractivity contribution in [3.8, 4) is 0 Å². The second-order valence-corrected chi connectivity index (χ2v) is 6.15. The number of aromatic amines is 1. The van der Waals surface area contributed by atoms with Crippen LogP contribution in [0.25, 0.3) is 11.0 Å². The lowest BCUT2D eigenvalue weighted by atomic mass is 10.0. The molecule has 1 atom stereocenters. The number of likely N-dealkylation sites (tertiary alicyclic amines) is 1. The summed E-state index contributed by atoms with van der Waals surface area (Å²) >= 11 is 0. The van der Waals surface area contributed by atoms with E-state index in [0.29, 0.717) is 5.52 Å². The van der Waals surface area contributed by atoms with E-state index in [1.165, 1.54) is 6.07 Å². The zero-order valence-electron chi connectivity index (χ0n) is 13.1. The normalized spacial score (nSPS) is 18.2. The first-order chi connectivity index (χ1) is 11.1. The monoisotopic (exact) mass is 320 g/mol. The van der Waals surface area contributed by atoms with Gasteiger partial charge in [-0.15, -0.1) is 0 Å². The summed E-state index contributed by atoms with van der Waals surface area (Å²) in [7, 11) is 0. The first-order valence-corrected chi connectivity index (χ1v) is 7.91. The number of nitrogens with one attached hydrogen (secondary N) is 2. The van der Waals surface area contributed by atoms with Gasteiger partial charge in [0.25, 0.3) is 0 Å². The van der Waals surface area contributed by atoms with Crippen LogP contribution in [0, 0.1) is 5.82 Å². The third-order valence-electron chi connectivity index (χ3n) is 4.51. The van der Waals surface area contributed by atoms with E-state index < -0.39 is 5.82 Å². The minimum atomic E-state index is -0.399. The van der Waals surface area contributed by atoms with E-state index in [9.17, 15) is 14.0 Å². The van der Waals surface area contributed by atoms with Crippen molar-refractivity contribution in [1.82, 2.24) is 19.8 Å². The van der Waals surface area contributed by atoms with Crippen LogP contribution in [0.3, 0.4) is 0 Å². The molecule has 1 amide bonds. The third-order valence-corrected chi connectivity index (χ3v) is 4.51. The number of amides is 1. The summed E-state index contributed by atoms with van der Waals surface area (Å²) in [6, 6.07) is 4.94. The number of hydrogen-bond acceptors (Lipinski definition) is 3. The molecule has 0 aliphatic carbocycles. The molecule has 1 aliphatic heterocycles. The number of aromatic nitrogens is 2. The Morgan fingerprint density at radius 2 is 2.17 bits per heavy atom. The van der Waals surface area contributed by atoms with Gasteiger partial charge < -0.3 is 15.2 Å². The van der Waals surface area contributed by atoms with E-state index in [-0.39, 0.29) is 23.3 Å². The Morgan fingerprint density at radius 3 is 2.87 bits per heavy atom. The molecule has 124 valence electrons. The van der Waals surface area contributed by atoms with E-state index in [2.05, 4.69) is 15.2 Å². The van der Waals surface area contributed by atoms with Gasteiger partial charge in [-0.25, -0.2) is 9.18 Å². The number of carbonyl (C=O) groups excluding carboxylic acids is 1. The number of benzene rings is 1. The summed E-state index contributed by atoms with van der Waals surface area (Å²) in [4.78, 5) is 27.6. The van der Waals surface area contributed by atoms with Gasteiger partial charge in [0.2, 0.25) is 6.41 Å². The number of carbonyl (C=O) groups is 1. The quantitative estimate of drug-likeness (QED) is 0.815. The first-order valence-electron chi connectivity index (χ1n) is 7.91. The van der Waals surface area contributed by atoms with Gasteiger partial charge in [0.05, 0.1) is 5.52 Å². The van der Waals surface area contributed by atoms with Crippen LogP contribution in [0.1, 0.15) is 25.8 Å². The van der Waals surface area contributed by atoms with Crippen LogP contribution in [-0.2, 0) is 4.79 Å². The second kappa shape index (κ2) is 6.54. The fourth-order valence-electron chi connectivity index (χ4n) is 3.39. The van der Waals surface area contributed by atoms with Gasteiger partial charge in [0, 0.05) is 31.7 Å². The van der Waals surface area contributed by atoms with E-state index in [1.807, 2.05) is 6.92 Å². The smallest absolute Gasteiger partial charge is 0.326 e. The Labute approximate surface area is 133 Å². The molecule has 7 heteroatoms. The van der Waals surface area contributed by atoms with Crippen LogP contribution in [0.5, 0.6) is 0 Å². The van der Waals surface area contributed by atoms with Gasteiger partial charge >= 0.3 is 5.69 Å². The van der Waals surface area contributed by atoms with Gasteiger partial charge in [-0.3, -0.25) is 9.36 Å². The Hall–Kier alpha value is -2.15. The van der Waals surface area contributed by atoms with Crippen molar-refractivity contribution in [1.29, 1.82) is 0 Å². The van der Waals surface area contributed by atoms with Gasteiger partial charge in [0.1, 0.15) is 11.3 Å². The minimum Gasteiger partial charge on any atom is -0.355 e. The molecule has 0 spiro atoms. The molecule has 1 fully saturated rings. The van der Waals surface area contributed by atoms with Crippen molar-refractivity contribution in [2.45, 2.75) is 31.8 Å². The molecule has 1 aliphatic rings. The Kier molecular flexibility index (Phi) is 4.47. The van der Waals surface area contributed by atoms with Crippen LogP contribution in [0.4, 0.5) is 4.39 Å². The number of nitrogens with zero attached hydrogens (tertiary/aromatic N) is 2. The highest BCUT2D eigenvalue weighted by Crippen LogP contribution is 2.25. The number of rotatable bonds is 5. The topological polar surface area (TPSA) is 70.1 Å². The number of hydrogen-bond donors (Lipinski definition) is 2. The van der Waals surface area contributed by atoms with Crippen LogP contribution in [0.2, 0.25) is 0 Å². The predicted octanol–water partition coefficient (Wildman–Crippen LogP) is 1.24. The van der Waals surface area contributed by atoms with Gasteiger partial charge in [-0.2, -0.15) is 0 Å². The van der Waals surface area contributed by atoms with Gasteiger partial charge in [0.15, 0.2) is 0 Å². The summed E-state index contributed by atoms with van der Waals surface area (Å²) < 4.78 is 15.5. The summed E-state index contributed by atoms with van der Waals surface area (Å²) in [5.41, 5.74) is 0.660. The maximum absolute atomic E-state index is 13.8. The molecule has 2 N–H and O–H groups in total. The number of fused-ring (bicyclic) bond motifs is 1. The van der Waals surface area contributed by atoms with Crippen molar-refractivity contribution in [3.05, 3.63) is 34.5 Å². The molecule has 1 aromatic carbocycles. The average molecular weight is 320 g/mol. The maximum Gasteiger partial charge on any atom is 0.326 e. The van der Waals surface area contributed by atoms with Crippen molar-refractivity contribution < 1.29 is 9.18 Å². The van der Waals surface area contributed by atoms with Crippen molar-refractivity contribution in [3.63, 3.8) is 0 Å². The first kappa shape index (κ1) is 15.7. The van der Waals surface area contributed by atoms with Crippen molar-refractivity contribution in [2.24, 2.45) is 0 Å². The Morgan fingerprint density at radius 1 is 1.43 bits per heavy atom. The van der Waals surface area contributed by atoms with Crippen LogP contribution >= 0.6 is 0 Å². The zero-order valence-corrected chi connectivity index (χ0v) is 13.1. The summed E-state index contributed by atoms with van der Waals surface area (Å²) in [5, 5.41) is 2.75. The molecule has 0 radical (unpaired) electrons. The Balaban J connectivity index is 1.73. The highest BCUT2D eigenvalue weighted by Gasteiger charge is 2.24. The highest BCUT2D eigenvalue weighted by atomic mass is 19.1. The largest absolute Gasteiger partial charge is 0.355 e. The van der Waals surface area contributed by atoms with Crippen molar-refractivity contribution >= 4 is 17.4 Å². The molecule has 2 aromatic rings. The van der Waals surface area contributed by atoms with E-state index in [0.717, 1.165) is 38.9 Å². The predicted molar refractivity (Wildman–Crippen MR) is 85.9 cm³/mol. The Bertz CT molecular complexity index is 746. The van der Waals surface area contributed by atoms with E-state index in [4.69, 9.17) is 0 Å². The van der Waals surface area contributed by atoms with Crippen LogP contribution in [0.15, 0.2) is 23.0 Å². The lowest BCUT2D eigenvalue weighted by Crippen LogP contribution is -2.43. The van der Waals surface area contributed by atoms with Gasteiger partial charge in [-0.05, 0) is 31.9 Å². The molecule has 6 nitrogen and oxygen atoms in total. The number of imidazole rings is 1. The number of H-pyrrole nitrogens is 1. The second-order valence-electron chi connectivity index (χ2n) is 6.15. The zero-order chi connectivity index (χ0) is 16.4. The number of halogens is 1. The molecule has 1 saturated heterocycles. The molecule has 1 unspecified atom stereocenters. The number of piperidine rings is 1. The lowest BCUT2D eigenvalue weighted by Gasteiger charge is -2.33. The minimum absolute atomic E-state index is 0.0728. The summed E-state index contributed by atoms with van der Waals surface area (Å²) in [5.74, 6) is -0.399. The standard InChI is InChI=1S/C16H21FN4O2/c1-11(18-10-22)9-20-7-5-12(6-8-20)21-14-4-2-3-13(17)15(14)19-16(21)23/h2-4,10-12H,5-9H2,1H3,(H,18,22)(H,19,23). The summed E-state index contributed by atoms with van der Waals surface area (Å²) in [6.07, 6.45) is 2.38. The molecule has 1 aromatic heterocycles. The maximum atomic E-state index is 13.8. The van der Waals surface area contributed by atoms with Crippen LogP contribution in [-0.4, -0.2) is 46.5 Å². The molecular formula is C16H21FN4O2.